The monoisotopic (exact) mass is 563 g/mol. The van der Waals surface area contributed by atoms with E-state index in [1.807, 2.05) is 30.3 Å². The van der Waals surface area contributed by atoms with Crippen molar-refractivity contribution in [3.8, 4) is 0 Å². The predicted octanol–water partition coefficient (Wildman–Crippen LogP) is 2.39. The highest BCUT2D eigenvalue weighted by Crippen LogP contribution is 2.06. The minimum absolute atomic E-state index is 0.0243. The Morgan fingerprint density at radius 1 is 1.08 bits per heavy atom. The van der Waals surface area contributed by atoms with Gasteiger partial charge in [-0.05, 0) is 19.4 Å². The first-order valence-electron chi connectivity index (χ1n) is 12.8. The standard InChI is InChI=1S/C19H31N3O4S.C4H10.C3H8O2S/c1-14(2)26-18(23)12-22-19(24)17(10-15-6-4-3-5-7-15)25-9-8-21-11-16(20)13-27;1-3-4-2;1-3-6(2,4)5/h3-7,14,16-17,21,27H,8-13,20H2,1-2H3,(H,22,24);3-4H2,1-2H3;3H2,1-2H3/t16-,17+;;/m1../s1. The van der Waals surface area contributed by atoms with Gasteiger partial charge in [0.25, 0.3) is 0 Å². The van der Waals surface area contributed by atoms with Crippen molar-refractivity contribution < 1.29 is 27.5 Å². The summed E-state index contributed by atoms with van der Waals surface area (Å²) >= 11 is 4.13. The Hall–Kier alpha value is -1.66. The van der Waals surface area contributed by atoms with E-state index in [0.717, 1.165) is 5.56 Å². The number of hydrogen-bond acceptors (Lipinski definition) is 9. The molecule has 2 atom stereocenters. The molecule has 0 radical (unpaired) electrons. The fraction of sp³-hybridized carbons (Fsp3) is 0.692. The third-order valence-corrected chi connectivity index (χ3v) is 6.11. The van der Waals surface area contributed by atoms with Crippen molar-refractivity contribution >= 4 is 34.3 Å². The Bertz CT molecular complexity index is 806. The zero-order valence-electron chi connectivity index (χ0n) is 23.4. The van der Waals surface area contributed by atoms with Gasteiger partial charge in [0, 0.05) is 43.3 Å². The zero-order valence-corrected chi connectivity index (χ0v) is 25.1. The molecule has 1 aromatic rings. The molecular weight excluding hydrogens is 514 g/mol. The number of thiol groups is 1. The van der Waals surface area contributed by atoms with E-state index in [-0.39, 0.29) is 30.4 Å². The summed E-state index contributed by atoms with van der Waals surface area (Å²) in [6, 6.07) is 9.57. The molecule has 0 aliphatic carbocycles. The summed E-state index contributed by atoms with van der Waals surface area (Å²) in [6.45, 7) is 10.9. The molecule has 1 aromatic carbocycles. The molecule has 216 valence electrons. The number of amides is 1. The summed E-state index contributed by atoms with van der Waals surface area (Å²) in [5.74, 6) is 0.0256. The number of unbranched alkanes of at least 4 members (excludes halogenated alkanes) is 1. The lowest BCUT2D eigenvalue weighted by molar-refractivity contribution is -0.148. The molecule has 0 unspecified atom stereocenters. The fourth-order valence-corrected chi connectivity index (χ4v) is 2.39. The molecule has 0 aliphatic heterocycles. The summed E-state index contributed by atoms with van der Waals surface area (Å²) in [6.07, 6.45) is 3.36. The van der Waals surface area contributed by atoms with E-state index in [4.69, 9.17) is 15.2 Å². The normalized spacial score (nSPS) is 12.4. The van der Waals surface area contributed by atoms with E-state index in [0.29, 0.717) is 31.9 Å². The number of carbonyl (C=O) groups excluding carboxylic acids is 2. The van der Waals surface area contributed by atoms with Crippen molar-refractivity contribution in [2.75, 3.05) is 44.0 Å². The first-order valence-corrected chi connectivity index (χ1v) is 15.5. The molecule has 0 bridgehead atoms. The lowest BCUT2D eigenvalue weighted by Crippen LogP contribution is -2.42. The third-order valence-electron chi connectivity index (χ3n) is 4.59. The van der Waals surface area contributed by atoms with Crippen LogP contribution in [0.2, 0.25) is 0 Å². The maximum absolute atomic E-state index is 12.5. The van der Waals surface area contributed by atoms with E-state index in [1.54, 1.807) is 20.8 Å². The largest absolute Gasteiger partial charge is 0.462 e. The van der Waals surface area contributed by atoms with Gasteiger partial charge in [0.2, 0.25) is 5.91 Å². The van der Waals surface area contributed by atoms with Crippen molar-refractivity contribution in [1.82, 2.24) is 10.6 Å². The van der Waals surface area contributed by atoms with Crippen molar-refractivity contribution in [1.29, 1.82) is 0 Å². The summed E-state index contributed by atoms with van der Waals surface area (Å²) in [5.41, 5.74) is 6.76. The SMILES string of the molecule is CC(C)OC(=O)CNC(=O)[C@H](Cc1ccccc1)OCCNC[C@@H](N)CS.CCCC.CCS(C)(=O)=O. The van der Waals surface area contributed by atoms with Gasteiger partial charge in [-0.3, -0.25) is 9.59 Å². The van der Waals surface area contributed by atoms with Gasteiger partial charge < -0.3 is 25.8 Å². The van der Waals surface area contributed by atoms with Gasteiger partial charge in [0.15, 0.2) is 0 Å². The number of esters is 1. The minimum Gasteiger partial charge on any atom is -0.462 e. The summed E-state index contributed by atoms with van der Waals surface area (Å²) in [4.78, 5) is 24.1. The predicted molar refractivity (Wildman–Crippen MR) is 155 cm³/mol. The van der Waals surface area contributed by atoms with E-state index >= 15 is 0 Å². The number of nitrogens with two attached hydrogens (primary N) is 1. The van der Waals surface area contributed by atoms with Crippen LogP contribution in [0.4, 0.5) is 0 Å². The molecule has 0 saturated carbocycles. The average Bonchev–Trinajstić information content (AvgIpc) is 2.86. The average molecular weight is 564 g/mol. The fourth-order valence-electron chi connectivity index (χ4n) is 2.26. The van der Waals surface area contributed by atoms with Gasteiger partial charge in [-0.25, -0.2) is 8.42 Å². The zero-order chi connectivity index (χ0) is 28.7. The molecule has 0 aliphatic rings. The molecule has 1 rings (SSSR count). The molecule has 9 nitrogen and oxygen atoms in total. The number of rotatable bonds is 15. The van der Waals surface area contributed by atoms with Crippen molar-refractivity contribution in [2.45, 2.75) is 72.1 Å². The van der Waals surface area contributed by atoms with Crippen LogP contribution >= 0.6 is 12.6 Å². The maximum Gasteiger partial charge on any atom is 0.325 e. The van der Waals surface area contributed by atoms with Crippen LogP contribution in [0.1, 0.15) is 53.0 Å². The lowest BCUT2D eigenvalue weighted by Gasteiger charge is -2.18. The van der Waals surface area contributed by atoms with Crippen molar-refractivity contribution in [3.63, 3.8) is 0 Å². The minimum atomic E-state index is -2.66. The molecule has 0 saturated heterocycles. The first kappa shape index (κ1) is 37.5. The van der Waals surface area contributed by atoms with Crippen LogP contribution in [0.3, 0.4) is 0 Å². The number of benzene rings is 1. The highest BCUT2D eigenvalue weighted by Gasteiger charge is 2.20. The van der Waals surface area contributed by atoms with E-state index in [1.165, 1.54) is 19.1 Å². The molecule has 0 spiro atoms. The maximum atomic E-state index is 12.5. The van der Waals surface area contributed by atoms with Crippen molar-refractivity contribution in [3.05, 3.63) is 35.9 Å². The first-order chi connectivity index (χ1) is 17.4. The second kappa shape index (κ2) is 23.5. The lowest BCUT2D eigenvalue weighted by atomic mass is 10.1. The van der Waals surface area contributed by atoms with Crippen LogP contribution in [0.5, 0.6) is 0 Å². The second-order valence-electron chi connectivity index (χ2n) is 8.67. The van der Waals surface area contributed by atoms with E-state index < -0.39 is 21.9 Å². The van der Waals surface area contributed by atoms with Gasteiger partial charge in [-0.1, -0.05) is 63.9 Å². The van der Waals surface area contributed by atoms with Crippen LogP contribution in [0.15, 0.2) is 30.3 Å². The molecule has 37 heavy (non-hydrogen) atoms. The highest BCUT2D eigenvalue weighted by molar-refractivity contribution is 7.90. The summed E-state index contributed by atoms with van der Waals surface area (Å²) in [5, 5.41) is 5.75. The van der Waals surface area contributed by atoms with Crippen LogP contribution in [-0.4, -0.2) is 82.5 Å². The third kappa shape index (κ3) is 25.8. The van der Waals surface area contributed by atoms with Crippen LogP contribution < -0.4 is 16.4 Å². The van der Waals surface area contributed by atoms with Gasteiger partial charge >= 0.3 is 5.97 Å². The summed E-state index contributed by atoms with van der Waals surface area (Å²) in [7, 11) is -2.66. The highest BCUT2D eigenvalue weighted by atomic mass is 32.2. The molecule has 11 heteroatoms. The van der Waals surface area contributed by atoms with Crippen LogP contribution in [0, 0.1) is 0 Å². The van der Waals surface area contributed by atoms with Crippen LogP contribution in [-0.2, 0) is 35.3 Å². The van der Waals surface area contributed by atoms with Crippen molar-refractivity contribution in [2.24, 2.45) is 5.73 Å². The van der Waals surface area contributed by atoms with Gasteiger partial charge in [-0.15, -0.1) is 0 Å². The molecule has 0 aromatic heterocycles. The Kier molecular flexibility index (Phi) is 23.8. The Balaban J connectivity index is 0. The summed E-state index contributed by atoms with van der Waals surface area (Å²) < 4.78 is 30.8. The van der Waals surface area contributed by atoms with Crippen LogP contribution in [0.25, 0.3) is 0 Å². The number of sulfone groups is 1. The Morgan fingerprint density at radius 3 is 2.11 bits per heavy atom. The van der Waals surface area contributed by atoms with E-state index in [9.17, 15) is 18.0 Å². The Labute approximate surface area is 230 Å². The van der Waals surface area contributed by atoms with Gasteiger partial charge in [0.1, 0.15) is 22.5 Å². The number of carbonyl (C=O) groups is 2. The number of nitrogens with one attached hydrogen (secondary N) is 2. The quantitative estimate of drug-likeness (QED) is 0.145. The van der Waals surface area contributed by atoms with Gasteiger partial charge in [0.05, 0.1) is 12.7 Å². The molecule has 0 fully saturated rings. The topological polar surface area (TPSA) is 137 Å². The molecule has 1 amide bonds. The molecule has 0 heterocycles. The number of ether oxygens (including phenoxy) is 2. The second-order valence-corrected chi connectivity index (χ2v) is 11.5. The van der Waals surface area contributed by atoms with Gasteiger partial charge in [-0.2, -0.15) is 12.6 Å². The number of hydrogen-bond donors (Lipinski definition) is 4. The van der Waals surface area contributed by atoms with E-state index in [2.05, 4.69) is 37.1 Å². The smallest absolute Gasteiger partial charge is 0.325 e. The molecule has 4 N–H and O–H groups in total. The Morgan fingerprint density at radius 2 is 1.65 bits per heavy atom. The molecular formula is C26H49N3O6S2.